The number of carboxylic acids is 1. The summed E-state index contributed by atoms with van der Waals surface area (Å²) in [4.78, 5) is 25.7. The van der Waals surface area contributed by atoms with Crippen LogP contribution in [0.15, 0.2) is 65.7 Å². The number of amides is 1. The minimum atomic E-state index is -0.977. The number of carbonyl (C=O) groups excluding carboxylic acids is 1. The quantitative estimate of drug-likeness (QED) is 0.313. The first-order valence-corrected chi connectivity index (χ1v) is 12.4. The number of thiocarbonyl (C=S) groups is 1. The second-order valence-corrected chi connectivity index (χ2v) is 10.1. The van der Waals surface area contributed by atoms with Gasteiger partial charge in [-0.3, -0.25) is 14.5 Å². The number of thioether (sulfide) groups is 1. The molecule has 0 atom stereocenters. The summed E-state index contributed by atoms with van der Waals surface area (Å²) in [6.07, 6.45) is 3.48. The topological polar surface area (TPSA) is 84.7 Å². The maximum atomic E-state index is 12.9. The van der Waals surface area contributed by atoms with Gasteiger partial charge in [0.05, 0.1) is 29.3 Å². The standard InChI is InChI=1S/C26H25N3O4S2/c1-17(2)16-33-21-10-8-18(9-11-21)24-19(15-29(27-24)20-6-4-3-5-7-20)14-22-25(32)28(26(34)35-22)13-12-23(30)31/h3-11,14-15,17H,12-13,16H2,1-2H3,(H,30,31)/b22-14-. The number of carbonyl (C=O) groups is 2. The Hall–Kier alpha value is -3.43. The minimum absolute atomic E-state index is 0.0469. The Kier molecular flexibility index (Phi) is 7.67. The summed E-state index contributed by atoms with van der Waals surface area (Å²) < 4.78 is 7.93. The van der Waals surface area contributed by atoms with Gasteiger partial charge < -0.3 is 9.84 Å². The van der Waals surface area contributed by atoms with Crippen molar-refractivity contribution in [2.75, 3.05) is 13.2 Å². The summed E-state index contributed by atoms with van der Waals surface area (Å²) in [7, 11) is 0. The van der Waals surface area contributed by atoms with E-state index in [4.69, 9.17) is 27.2 Å². The molecule has 180 valence electrons. The van der Waals surface area contributed by atoms with Crippen LogP contribution in [0, 0.1) is 5.92 Å². The highest BCUT2D eigenvalue weighted by atomic mass is 32.2. The third-order valence-corrected chi connectivity index (χ3v) is 6.56. The predicted octanol–water partition coefficient (Wildman–Crippen LogP) is 5.25. The first-order valence-electron chi connectivity index (χ1n) is 11.2. The van der Waals surface area contributed by atoms with Crippen molar-refractivity contribution < 1.29 is 19.4 Å². The Labute approximate surface area is 213 Å². The van der Waals surface area contributed by atoms with Gasteiger partial charge >= 0.3 is 5.97 Å². The van der Waals surface area contributed by atoms with Gasteiger partial charge in [0.15, 0.2) is 0 Å². The van der Waals surface area contributed by atoms with E-state index in [1.54, 1.807) is 10.8 Å². The Bertz CT molecular complexity index is 1270. The van der Waals surface area contributed by atoms with Crippen molar-refractivity contribution >= 4 is 46.3 Å². The Balaban J connectivity index is 1.68. The number of para-hydroxylation sites is 1. The molecule has 7 nitrogen and oxygen atoms in total. The molecular weight excluding hydrogens is 482 g/mol. The van der Waals surface area contributed by atoms with Gasteiger partial charge in [-0.05, 0) is 48.4 Å². The molecule has 9 heteroatoms. The van der Waals surface area contributed by atoms with Gasteiger partial charge in [0.2, 0.25) is 0 Å². The number of ether oxygens (including phenoxy) is 1. The molecule has 2 aromatic carbocycles. The van der Waals surface area contributed by atoms with E-state index in [0.717, 1.165) is 22.6 Å². The first kappa shape index (κ1) is 24.7. The molecule has 0 saturated carbocycles. The SMILES string of the molecule is CC(C)COc1ccc(-c2nn(-c3ccccc3)cc2/C=C2\SC(=S)N(CCC(=O)O)C2=O)cc1. The van der Waals surface area contributed by atoms with Crippen molar-refractivity contribution in [2.45, 2.75) is 20.3 Å². The lowest BCUT2D eigenvalue weighted by Gasteiger charge is -2.12. The van der Waals surface area contributed by atoms with E-state index in [0.29, 0.717) is 27.4 Å². The second-order valence-electron chi connectivity index (χ2n) is 8.42. The zero-order valence-electron chi connectivity index (χ0n) is 19.4. The predicted molar refractivity (Wildman–Crippen MR) is 141 cm³/mol. The molecule has 4 rings (SSSR count). The maximum absolute atomic E-state index is 12.9. The molecule has 35 heavy (non-hydrogen) atoms. The van der Waals surface area contributed by atoms with Crippen LogP contribution in [0.1, 0.15) is 25.8 Å². The van der Waals surface area contributed by atoms with E-state index in [2.05, 4.69) is 13.8 Å². The molecule has 0 aliphatic carbocycles. The third-order valence-electron chi connectivity index (χ3n) is 5.18. The molecule has 1 N–H and O–H groups in total. The molecule has 1 aliphatic rings. The highest BCUT2D eigenvalue weighted by molar-refractivity contribution is 8.26. The van der Waals surface area contributed by atoms with Gasteiger partial charge in [-0.1, -0.05) is 56.0 Å². The second kappa shape index (κ2) is 10.9. The summed E-state index contributed by atoms with van der Waals surface area (Å²) in [6, 6.07) is 17.4. The van der Waals surface area contributed by atoms with Crippen molar-refractivity contribution in [2.24, 2.45) is 5.92 Å². The monoisotopic (exact) mass is 507 g/mol. The van der Waals surface area contributed by atoms with Crippen LogP contribution in [0.2, 0.25) is 0 Å². The van der Waals surface area contributed by atoms with Gasteiger partial charge in [0.25, 0.3) is 5.91 Å². The van der Waals surface area contributed by atoms with Gasteiger partial charge in [-0.25, -0.2) is 4.68 Å². The van der Waals surface area contributed by atoms with E-state index in [9.17, 15) is 9.59 Å². The number of hydrogen-bond acceptors (Lipinski definition) is 6. The zero-order valence-corrected chi connectivity index (χ0v) is 21.0. The van der Waals surface area contributed by atoms with Crippen molar-refractivity contribution in [1.29, 1.82) is 0 Å². The highest BCUT2D eigenvalue weighted by Gasteiger charge is 2.32. The normalized spacial score (nSPS) is 14.8. The van der Waals surface area contributed by atoms with E-state index >= 15 is 0 Å². The summed E-state index contributed by atoms with van der Waals surface area (Å²) in [5.41, 5.74) is 3.23. The molecular formula is C26H25N3O4S2. The van der Waals surface area contributed by atoms with Crippen molar-refractivity contribution in [3.05, 3.63) is 71.3 Å². The van der Waals surface area contributed by atoms with Crippen molar-refractivity contribution in [1.82, 2.24) is 14.7 Å². The minimum Gasteiger partial charge on any atom is -0.493 e. The smallest absolute Gasteiger partial charge is 0.305 e. The summed E-state index contributed by atoms with van der Waals surface area (Å²) in [6.45, 7) is 4.88. The Morgan fingerprint density at radius 1 is 1.17 bits per heavy atom. The lowest BCUT2D eigenvalue weighted by atomic mass is 10.1. The molecule has 1 amide bonds. The summed E-state index contributed by atoms with van der Waals surface area (Å²) in [5, 5.41) is 13.8. The molecule has 1 aliphatic heterocycles. The fraction of sp³-hybridized carbons (Fsp3) is 0.231. The molecule has 0 spiro atoms. The molecule has 0 unspecified atom stereocenters. The van der Waals surface area contributed by atoms with Crippen LogP contribution in [0.5, 0.6) is 5.75 Å². The van der Waals surface area contributed by atoms with Crippen LogP contribution in [0.3, 0.4) is 0 Å². The van der Waals surface area contributed by atoms with E-state index in [1.807, 2.05) is 60.8 Å². The third kappa shape index (κ3) is 5.98. The fourth-order valence-corrected chi connectivity index (χ4v) is 4.74. The Morgan fingerprint density at radius 2 is 1.89 bits per heavy atom. The lowest BCUT2D eigenvalue weighted by molar-refractivity contribution is -0.137. The van der Waals surface area contributed by atoms with E-state index < -0.39 is 5.97 Å². The number of carboxylic acid groups (broad SMARTS) is 1. The number of aromatic nitrogens is 2. The highest BCUT2D eigenvalue weighted by Crippen LogP contribution is 2.35. The molecule has 1 saturated heterocycles. The number of rotatable bonds is 9. The van der Waals surface area contributed by atoms with E-state index in [-0.39, 0.29) is 18.9 Å². The van der Waals surface area contributed by atoms with E-state index in [1.165, 1.54) is 16.7 Å². The number of hydrogen-bond donors (Lipinski definition) is 1. The number of aliphatic carboxylic acids is 1. The summed E-state index contributed by atoms with van der Waals surface area (Å²) in [5.74, 6) is -0.0600. The van der Waals surface area contributed by atoms with Crippen LogP contribution >= 0.6 is 24.0 Å². The molecule has 0 bridgehead atoms. The molecule has 2 heterocycles. The zero-order chi connectivity index (χ0) is 24.9. The summed E-state index contributed by atoms with van der Waals surface area (Å²) >= 11 is 6.50. The van der Waals surface area contributed by atoms with Crippen molar-refractivity contribution in [3.8, 4) is 22.7 Å². The van der Waals surface area contributed by atoms with Gasteiger partial charge in [-0.2, -0.15) is 5.10 Å². The average molecular weight is 508 g/mol. The molecule has 0 radical (unpaired) electrons. The van der Waals surface area contributed by atoms with Gasteiger partial charge in [0, 0.05) is 23.9 Å². The molecule has 3 aromatic rings. The Morgan fingerprint density at radius 3 is 2.54 bits per heavy atom. The largest absolute Gasteiger partial charge is 0.493 e. The average Bonchev–Trinajstić information content (AvgIpc) is 3.38. The van der Waals surface area contributed by atoms with Crippen molar-refractivity contribution in [3.63, 3.8) is 0 Å². The van der Waals surface area contributed by atoms with Gasteiger partial charge in [0.1, 0.15) is 10.1 Å². The van der Waals surface area contributed by atoms with Crippen LogP contribution in [0.4, 0.5) is 0 Å². The number of benzene rings is 2. The lowest BCUT2D eigenvalue weighted by Crippen LogP contribution is -2.30. The van der Waals surface area contributed by atoms with Crippen LogP contribution < -0.4 is 4.74 Å². The van der Waals surface area contributed by atoms with Gasteiger partial charge in [-0.15, -0.1) is 0 Å². The molecule has 1 aromatic heterocycles. The van der Waals surface area contributed by atoms with Crippen LogP contribution in [-0.4, -0.2) is 49.1 Å². The molecule has 1 fully saturated rings. The van der Waals surface area contributed by atoms with Crippen LogP contribution in [-0.2, 0) is 9.59 Å². The van der Waals surface area contributed by atoms with Crippen LogP contribution in [0.25, 0.3) is 23.0 Å². The first-order chi connectivity index (χ1) is 16.8. The fourth-order valence-electron chi connectivity index (χ4n) is 3.44. The maximum Gasteiger partial charge on any atom is 0.305 e. The number of nitrogens with zero attached hydrogens (tertiary/aromatic N) is 3.